The van der Waals surface area contributed by atoms with Gasteiger partial charge in [0.1, 0.15) is 0 Å². The van der Waals surface area contributed by atoms with Crippen molar-refractivity contribution >= 4 is 12.0 Å². The molecule has 1 aliphatic heterocycles. The zero-order chi connectivity index (χ0) is 20.4. The molecule has 6 nitrogen and oxygen atoms in total. The fourth-order valence-corrected chi connectivity index (χ4v) is 3.14. The van der Waals surface area contributed by atoms with E-state index in [1.807, 2.05) is 0 Å². The lowest BCUT2D eigenvalue weighted by Crippen LogP contribution is -2.44. The Bertz CT molecular complexity index is 647. The normalized spacial score (nSPS) is 15.9. The van der Waals surface area contributed by atoms with Crippen LogP contribution in [0, 0.1) is 0 Å². The zero-order valence-electron chi connectivity index (χ0n) is 16.3. The number of hydrogen-bond donors (Lipinski definition) is 1. The Kier molecular flexibility index (Phi) is 9.16. The monoisotopic (exact) mass is 398 g/mol. The molecule has 1 aromatic rings. The molecule has 0 radical (unpaired) electrons. The highest BCUT2D eigenvalue weighted by Crippen LogP contribution is 2.29. The average molecular weight is 398 g/mol. The fourth-order valence-electron chi connectivity index (χ4n) is 3.14. The number of carbonyl (C=O) groups excluding carboxylic acids is 1. The number of ether oxygens (including phenoxy) is 3. The smallest absolute Gasteiger partial charge is 0.387 e. The van der Waals surface area contributed by atoms with Crippen molar-refractivity contribution in [2.45, 2.75) is 31.9 Å². The van der Waals surface area contributed by atoms with E-state index < -0.39 is 6.61 Å². The summed E-state index contributed by atoms with van der Waals surface area (Å²) >= 11 is 0. The van der Waals surface area contributed by atoms with Crippen molar-refractivity contribution in [1.82, 2.24) is 10.2 Å². The molecule has 0 atom stereocenters. The minimum absolute atomic E-state index is 0.0450. The van der Waals surface area contributed by atoms with Crippen LogP contribution in [0.3, 0.4) is 0 Å². The third kappa shape index (κ3) is 7.44. The number of alkyl halides is 2. The molecule has 1 amide bonds. The van der Waals surface area contributed by atoms with Crippen LogP contribution in [0.25, 0.3) is 6.08 Å². The molecular weight excluding hydrogens is 370 g/mol. The van der Waals surface area contributed by atoms with Crippen molar-refractivity contribution in [3.8, 4) is 11.5 Å². The van der Waals surface area contributed by atoms with Crippen LogP contribution in [0.4, 0.5) is 8.78 Å². The standard InChI is InChI=1S/C20H28F2N2O4/c1-26-13-3-10-24-11-8-16(9-12-24)23-19(25)7-5-15-4-6-17(28-20(21)22)18(14-15)27-2/h4-7,14,16,20H,3,8-13H2,1-2H3,(H,23,25)/b7-5+. The van der Waals surface area contributed by atoms with E-state index in [2.05, 4.69) is 15.0 Å². The highest BCUT2D eigenvalue weighted by atomic mass is 19.3. The van der Waals surface area contributed by atoms with Crippen molar-refractivity contribution in [1.29, 1.82) is 0 Å². The average Bonchev–Trinajstić information content (AvgIpc) is 2.68. The Labute approximate surface area is 164 Å². The summed E-state index contributed by atoms with van der Waals surface area (Å²) in [5.74, 6) is -0.0372. The minimum atomic E-state index is -2.92. The van der Waals surface area contributed by atoms with Crippen molar-refractivity contribution in [3.63, 3.8) is 0 Å². The van der Waals surface area contributed by atoms with Crippen molar-refractivity contribution in [2.24, 2.45) is 0 Å². The summed E-state index contributed by atoms with van der Waals surface area (Å²) in [5, 5.41) is 3.01. The van der Waals surface area contributed by atoms with Crippen molar-refractivity contribution in [3.05, 3.63) is 29.8 Å². The van der Waals surface area contributed by atoms with Gasteiger partial charge < -0.3 is 24.4 Å². The molecule has 0 bridgehead atoms. The molecule has 0 unspecified atom stereocenters. The predicted molar refractivity (Wildman–Crippen MR) is 103 cm³/mol. The van der Waals surface area contributed by atoms with Gasteiger partial charge in [-0.25, -0.2) is 0 Å². The Morgan fingerprint density at radius 3 is 2.68 bits per heavy atom. The number of piperidine rings is 1. The third-order valence-electron chi connectivity index (χ3n) is 4.59. The van der Waals surface area contributed by atoms with E-state index in [0.717, 1.165) is 45.5 Å². The number of carbonyl (C=O) groups is 1. The zero-order valence-corrected chi connectivity index (χ0v) is 16.3. The van der Waals surface area contributed by atoms with E-state index in [9.17, 15) is 13.6 Å². The van der Waals surface area contributed by atoms with Gasteiger partial charge in [-0.05, 0) is 43.0 Å². The van der Waals surface area contributed by atoms with Gasteiger partial charge in [-0.3, -0.25) is 4.79 Å². The summed E-state index contributed by atoms with van der Waals surface area (Å²) in [6, 6.07) is 4.68. The number of rotatable bonds is 10. The summed E-state index contributed by atoms with van der Waals surface area (Å²) in [6.45, 7) is 0.776. The second-order valence-corrected chi connectivity index (χ2v) is 6.59. The van der Waals surface area contributed by atoms with Crippen LogP contribution < -0.4 is 14.8 Å². The van der Waals surface area contributed by atoms with E-state index in [-0.39, 0.29) is 23.4 Å². The number of hydrogen-bond acceptors (Lipinski definition) is 5. The molecular formula is C20H28F2N2O4. The maximum atomic E-state index is 12.4. The van der Waals surface area contributed by atoms with Crippen LogP contribution in [-0.2, 0) is 9.53 Å². The largest absolute Gasteiger partial charge is 0.493 e. The number of benzene rings is 1. The maximum Gasteiger partial charge on any atom is 0.387 e. The summed E-state index contributed by atoms with van der Waals surface area (Å²) in [5.41, 5.74) is 0.654. The number of amides is 1. The molecule has 1 saturated heterocycles. The Balaban J connectivity index is 1.81. The molecule has 1 heterocycles. The Morgan fingerprint density at radius 1 is 1.29 bits per heavy atom. The van der Waals surface area contributed by atoms with E-state index >= 15 is 0 Å². The fraction of sp³-hybridized carbons (Fsp3) is 0.550. The summed E-state index contributed by atoms with van der Waals surface area (Å²) in [4.78, 5) is 14.5. The number of halogens is 2. The quantitative estimate of drug-likeness (QED) is 0.485. The lowest BCUT2D eigenvalue weighted by Gasteiger charge is -2.32. The molecule has 1 N–H and O–H groups in total. The number of methoxy groups -OCH3 is 2. The summed E-state index contributed by atoms with van der Waals surface area (Å²) in [7, 11) is 3.08. The van der Waals surface area contributed by atoms with Gasteiger partial charge in [0.05, 0.1) is 7.11 Å². The van der Waals surface area contributed by atoms with Gasteiger partial charge in [-0.2, -0.15) is 8.78 Å². The molecule has 28 heavy (non-hydrogen) atoms. The Hall–Kier alpha value is -2.19. The van der Waals surface area contributed by atoms with Gasteiger partial charge in [0.2, 0.25) is 5.91 Å². The highest BCUT2D eigenvalue weighted by Gasteiger charge is 2.19. The summed E-state index contributed by atoms with van der Waals surface area (Å²) in [6.07, 6.45) is 5.90. The van der Waals surface area contributed by atoms with Crippen LogP contribution in [0.1, 0.15) is 24.8 Å². The van der Waals surface area contributed by atoms with Gasteiger partial charge in [-0.15, -0.1) is 0 Å². The lowest BCUT2D eigenvalue weighted by atomic mass is 10.0. The molecule has 2 rings (SSSR count). The molecule has 0 aliphatic carbocycles. The van der Waals surface area contributed by atoms with Gasteiger partial charge in [0.15, 0.2) is 11.5 Å². The minimum Gasteiger partial charge on any atom is -0.493 e. The first-order chi connectivity index (χ1) is 13.5. The predicted octanol–water partition coefficient (Wildman–Crippen LogP) is 2.93. The van der Waals surface area contributed by atoms with Gasteiger partial charge in [-0.1, -0.05) is 6.07 Å². The van der Waals surface area contributed by atoms with E-state index in [4.69, 9.17) is 9.47 Å². The van der Waals surface area contributed by atoms with Crippen molar-refractivity contribution in [2.75, 3.05) is 40.5 Å². The second-order valence-electron chi connectivity index (χ2n) is 6.59. The van der Waals surface area contributed by atoms with E-state index in [1.54, 1.807) is 25.3 Å². The summed E-state index contributed by atoms with van der Waals surface area (Å²) < 4.78 is 39.2. The van der Waals surface area contributed by atoms with Crippen LogP contribution in [0.5, 0.6) is 11.5 Å². The molecule has 1 aliphatic rings. The van der Waals surface area contributed by atoms with Crippen LogP contribution in [0.15, 0.2) is 24.3 Å². The van der Waals surface area contributed by atoms with Crippen molar-refractivity contribution < 1.29 is 27.8 Å². The van der Waals surface area contributed by atoms with Gasteiger partial charge in [0.25, 0.3) is 0 Å². The molecule has 0 spiro atoms. The lowest BCUT2D eigenvalue weighted by molar-refractivity contribution is -0.117. The molecule has 1 fully saturated rings. The Morgan fingerprint density at radius 2 is 2.04 bits per heavy atom. The number of nitrogens with one attached hydrogen (secondary N) is 1. The first-order valence-electron chi connectivity index (χ1n) is 9.34. The van der Waals surface area contributed by atoms with E-state index in [0.29, 0.717) is 5.56 Å². The van der Waals surface area contributed by atoms with Gasteiger partial charge >= 0.3 is 6.61 Å². The second kappa shape index (κ2) is 11.6. The first kappa shape index (κ1) is 22.1. The van der Waals surface area contributed by atoms with E-state index in [1.165, 1.54) is 19.3 Å². The topological polar surface area (TPSA) is 60.0 Å². The molecule has 156 valence electrons. The third-order valence-corrected chi connectivity index (χ3v) is 4.59. The number of likely N-dealkylation sites (tertiary alicyclic amines) is 1. The van der Waals surface area contributed by atoms with Crippen LogP contribution >= 0.6 is 0 Å². The molecule has 1 aromatic carbocycles. The first-order valence-corrected chi connectivity index (χ1v) is 9.34. The van der Waals surface area contributed by atoms with Gasteiger partial charge in [0, 0.05) is 45.5 Å². The SMILES string of the molecule is COCCCN1CCC(NC(=O)/C=C/c2ccc(OC(F)F)c(OC)c2)CC1. The molecule has 0 saturated carbocycles. The van der Waals surface area contributed by atoms with Crippen LogP contribution in [0.2, 0.25) is 0 Å². The van der Waals surface area contributed by atoms with Crippen LogP contribution in [-0.4, -0.2) is 63.9 Å². The number of nitrogens with zero attached hydrogens (tertiary/aromatic N) is 1. The molecule has 8 heteroatoms. The highest BCUT2D eigenvalue weighted by molar-refractivity contribution is 5.92. The molecule has 0 aromatic heterocycles. The maximum absolute atomic E-state index is 12.4.